The van der Waals surface area contributed by atoms with Gasteiger partial charge in [-0.15, -0.1) is 0 Å². The number of alkyl halides is 3. The molecule has 5 nitrogen and oxygen atoms in total. The minimum Gasteiger partial charge on any atom is -0.462 e. The van der Waals surface area contributed by atoms with E-state index < -0.39 is 29.2 Å². The summed E-state index contributed by atoms with van der Waals surface area (Å²) in [6.07, 6.45) is -3.98. The van der Waals surface area contributed by atoms with Gasteiger partial charge in [0.25, 0.3) is 0 Å². The molecule has 22 heavy (non-hydrogen) atoms. The molecule has 0 atom stereocenters. The summed E-state index contributed by atoms with van der Waals surface area (Å²) in [6, 6.07) is 0.984. The van der Waals surface area contributed by atoms with E-state index in [1.807, 2.05) is 5.32 Å². The largest absolute Gasteiger partial charge is 0.462 e. The quantitative estimate of drug-likeness (QED) is 0.379. The Labute approximate surface area is 123 Å². The molecular formula is C13H13F4N3O2. The Balaban J connectivity index is 3.34. The molecule has 2 N–H and O–H groups in total. The van der Waals surface area contributed by atoms with E-state index in [-0.39, 0.29) is 24.2 Å². The van der Waals surface area contributed by atoms with Gasteiger partial charge < -0.3 is 15.5 Å². The second kappa shape index (κ2) is 7.01. The fourth-order valence-corrected chi connectivity index (χ4v) is 1.52. The fourth-order valence-electron chi connectivity index (χ4n) is 1.52. The Hall–Kier alpha value is -2.45. The van der Waals surface area contributed by atoms with Crippen molar-refractivity contribution in [2.75, 3.05) is 11.9 Å². The zero-order valence-electron chi connectivity index (χ0n) is 11.7. The average molecular weight is 319 g/mol. The fraction of sp³-hybridized carbons (Fsp3) is 0.308. The molecule has 1 rings (SSSR count). The number of pyridine rings is 1. The first-order valence-electron chi connectivity index (χ1n) is 6.09. The van der Waals surface area contributed by atoms with Gasteiger partial charge in [0.2, 0.25) is 0 Å². The molecule has 120 valence electrons. The number of rotatable bonds is 5. The summed E-state index contributed by atoms with van der Waals surface area (Å²) in [7, 11) is 0. The van der Waals surface area contributed by atoms with Crippen molar-refractivity contribution >= 4 is 18.0 Å². The van der Waals surface area contributed by atoms with E-state index >= 15 is 0 Å². The Morgan fingerprint density at radius 1 is 1.50 bits per heavy atom. The number of aryl methyl sites for hydroxylation is 1. The molecule has 0 saturated carbocycles. The normalized spacial score (nSPS) is 12.5. The minimum absolute atomic E-state index is 0.106. The maximum atomic E-state index is 13.1. The van der Waals surface area contributed by atoms with E-state index in [9.17, 15) is 22.4 Å². The standard InChI is InChI=1S/C13H13F4N3O2/c1-3-22-12(21)9(5-18)10(13(15,16)17)20-11-7(2)4-8(14)6-19-11/h4-6,18H,3H2,1-2H3,(H,19,20)/b10-9+,18-5?. The third-order valence-electron chi connectivity index (χ3n) is 2.48. The second-order valence-electron chi connectivity index (χ2n) is 4.10. The van der Waals surface area contributed by atoms with Crippen LogP contribution in [0.15, 0.2) is 23.5 Å². The SMILES string of the molecule is CCOC(=O)/C(C=N)=C(/Nc1ncc(F)cc1C)C(F)(F)F. The summed E-state index contributed by atoms with van der Waals surface area (Å²) in [5.41, 5.74) is -2.39. The zero-order chi connectivity index (χ0) is 16.9. The molecule has 0 unspecified atom stereocenters. The lowest BCUT2D eigenvalue weighted by Crippen LogP contribution is -2.26. The molecule has 0 aliphatic rings. The molecule has 1 aromatic heterocycles. The topological polar surface area (TPSA) is 75.1 Å². The van der Waals surface area contributed by atoms with Crippen molar-refractivity contribution < 1.29 is 27.1 Å². The van der Waals surface area contributed by atoms with E-state index in [1.165, 1.54) is 13.8 Å². The molecule has 0 fully saturated rings. The lowest BCUT2D eigenvalue weighted by atomic mass is 10.2. The first-order chi connectivity index (χ1) is 10.2. The summed E-state index contributed by atoms with van der Waals surface area (Å²) in [5, 5.41) is 8.96. The molecule has 0 saturated heterocycles. The van der Waals surface area contributed by atoms with Gasteiger partial charge in [-0.05, 0) is 25.5 Å². The number of esters is 1. The van der Waals surface area contributed by atoms with Crippen LogP contribution in [0.4, 0.5) is 23.4 Å². The van der Waals surface area contributed by atoms with Gasteiger partial charge in [-0.25, -0.2) is 14.2 Å². The minimum atomic E-state index is -4.96. The number of halogens is 4. The third kappa shape index (κ3) is 4.27. The van der Waals surface area contributed by atoms with E-state index in [0.717, 1.165) is 12.3 Å². The molecule has 0 radical (unpaired) electrons. The van der Waals surface area contributed by atoms with Gasteiger partial charge >= 0.3 is 12.1 Å². The van der Waals surface area contributed by atoms with E-state index in [2.05, 4.69) is 9.72 Å². The predicted octanol–water partition coefficient (Wildman–Crippen LogP) is 2.97. The van der Waals surface area contributed by atoms with Crippen LogP contribution < -0.4 is 5.32 Å². The molecule has 9 heteroatoms. The summed E-state index contributed by atoms with van der Waals surface area (Å²) < 4.78 is 56.8. The first kappa shape index (κ1) is 17.6. The summed E-state index contributed by atoms with van der Waals surface area (Å²) in [4.78, 5) is 15.0. The van der Waals surface area contributed by atoms with E-state index in [4.69, 9.17) is 5.41 Å². The highest BCUT2D eigenvalue weighted by Gasteiger charge is 2.39. The maximum Gasteiger partial charge on any atom is 0.432 e. The molecule has 1 heterocycles. The highest BCUT2D eigenvalue weighted by molar-refractivity contribution is 6.09. The van der Waals surface area contributed by atoms with Crippen LogP contribution in [-0.2, 0) is 9.53 Å². The lowest BCUT2D eigenvalue weighted by molar-refractivity contribution is -0.139. The van der Waals surface area contributed by atoms with Crippen molar-refractivity contribution in [3.05, 3.63) is 34.9 Å². The summed E-state index contributed by atoms with van der Waals surface area (Å²) in [6.45, 7) is 2.63. The van der Waals surface area contributed by atoms with Crippen LogP contribution in [0.3, 0.4) is 0 Å². The van der Waals surface area contributed by atoms with Gasteiger partial charge in [0.05, 0.1) is 12.8 Å². The number of nitrogens with zero attached hydrogens (tertiary/aromatic N) is 1. The van der Waals surface area contributed by atoms with Crippen LogP contribution in [-0.4, -0.2) is 30.0 Å². The molecule has 0 bridgehead atoms. The number of hydrogen-bond acceptors (Lipinski definition) is 5. The number of ether oxygens (including phenoxy) is 1. The Morgan fingerprint density at radius 3 is 2.59 bits per heavy atom. The van der Waals surface area contributed by atoms with Gasteiger partial charge in [-0.1, -0.05) is 0 Å². The van der Waals surface area contributed by atoms with Crippen LogP contribution in [0.25, 0.3) is 0 Å². The van der Waals surface area contributed by atoms with Gasteiger partial charge in [-0.2, -0.15) is 13.2 Å². The number of allylic oxidation sites excluding steroid dienone is 1. The van der Waals surface area contributed by atoms with Gasteiger partial charge in [0.15, 0.2) is 0 Å². The summed E-state index contributed by atoms with van der Waals surface area (Å²) in [5.74, 6) is -2.28. The molecule has 0 aliphatic heterocycles. The molecular weight excluding hydrogens is 306 g/mol. The van der Waals surface area contributed by atoms with Crippen molar-refractivity contribution in [3.8, 4) is 0 Å². The number of carbonyl (C=O) groups excluding carboxylic acids is 1. The monoisotopic (exact) mass is 319 g/mol. The molecule has 0 spiro atoms. The third-order valence-corrected chi connectivity index (χ3v) is 2.48. The maximum absolute atomic E-state index is 13.1. The number of nitrogens with one attached hydrogen (secondary N) is 2. The van der Waals surface area contributed by atoms with Crippen molar-refractivity contribution in [2.45, 2.75) is 20.0 Å². The smallest absolute Gasteiger partial charge is 0.432 e. The molecule has 1 aromatic rings. The van der Waals surface area contributed by atoms with Gasteiger partial charge in [0.1, 0.15) is 22.9 Å². The molecule has 0 aromatic carbocycles. The van der Waals surface area contributed by atoms with Crippen molar-refractivity contribution in [2.24, 2.45) is 0 Å². The molecule has 0 amide bonds. The van der Waals surface area contributed by atoms with Gasteiger partial charge in [-0.3, -0.25) is 0 Å². The number of anilines is 1. The number of aromatic nitrogens is 1. The van der Waals surface area contributed by atoms with Crippen LogP contribution in [0, 0.1) is 18.2 Å². The van der Waals surface area contributed by atoms with Crippen molar-refractivity contribution in [1.82, 2.24) is 4.98 Å². The first-order valence-corrected chi connectivity index (χ1v) is 6.09. The van der Waals surface area contributed by atoms with Crippen molar-refractivity contribution in [3.63, 3.8) is 0 Å². The lowest BCUT2D eigenvalue weighted by Gasteiger charge is -2.17. The highest BCUT2D eigenvalue weighted by Crippen LogP contribution is 2.30. The van der Waals surface area contributed by atoms with Crippen LogP contribution in [0.1, 0.15) is 12.5 Å². The Bertz CT molecular complexity index is 612. The van der Waals surface area contributed by atoms with Crippen LogP contribution in [0.5, 0.6) is 0 Å². The van der Waals surface area contributed by atoms with E-state index in [0.29, 0.717) is 0 Å². The van der Waals surface area contributed by atoms with E-state index in [1.54, 1.807) is 0 Å². The Morgan fingerprint density at radius 2 is 2.14 bits per heavy atom. The Kier molecular flexibility index (Phi) is 5.61. The highest BCUT2D eigenvalue weighted by atomic mass is 19.4. The second-order valence-corrected chi connectivity index (χ2v) is 4.10. The van der Waals surface area contributed by atoms with Crippen LogP contribution in [0.2, 0.25) is 0 Å². The number of hydrogen-bond donors (Lipinski definition) is 2. The zero-order valence-corrected chi connectivity index (χ0v) is 11.7. The average Bonchev–Trinajstić information content (AvgIpc) is 2.40. The van der Waals surface area contributed by atoms with Crippen LogP contribution >= 0.6 is 0 Å². The summed E-state index contributed by atoms with van der Waals surface area (Å²) >= 11 is 0. The van der Waals surface area contributed by atoms with Gasteiger partial charge in [0, 0.05) is 6.21 Å². The number of carbonyl (C=O) groups is 1. The molecule has 0 aliphatic carbocycles. The predicted molar refractivity (Wildman–Crippen MR) is 71.1 cm³/mol. The van der Waals surface area contributed by atoms with Crippen molar-refractivity contribution in [1.29, 1.82) is 5.41 Å².